The normalized spacial score (nSPS) is 11.7. The van der Waals surface area contributed by atoms with E-state index in [1.54, 1.807) is 12.1 Å². The van der Waals surface area contributed by atoms with Gasteiger partial charge in [0.2, 0.25) is 5.78 Å². The molecule has 0 spiro atoms. The summed E-state index contributed by atoms with van der Waals surface area (Å²) in [5.74, 6) is 0.0778. The molecule has 2 aromatic carbocycles. The molecule has 30 heavy (non-hydrogen) atoms. The largest absolute Gasteiger partial charge is 0.461 e. The van der Waals surface area contributed by atoms with Gasteiger partial charge in [-0.05, 0) is 61.5 Å². The highest BCUT2D eigenvalue weighted by atomic mass is 16.3. The van der Waals surface area contributed by atoms with E-state index >= 15 is 0 Å². The van der Waals surface area contributed by atoms with E-state index in [1.165, 1.54) is 11.8 Å². The van der Waals surface area contributed by atoms with E-state index < -0.39 is 0 Å². The molecule has 0 radical (unpaired) electrons. The number of rotatable bonds is 6. The van der Waals surface area contributed by atoms with E-state index in [-0.39, 0.29) is 23.5 Å². The first-order valence-electron chi connectivity index (χ1n) is 9.95. The topological polar surface area (TPSA) is 63.1 Å². The summed E-state index contributed by atoms with van der Waals surface area (Å²) in [5, 5.41) is 0.952. The van der Waals surface area contributed by atoms with Crippen LogP contribution in [0.4, 0.5) is 0 Å². The van der Waals surface area contributed by atoms with Crippen molar-refractivity contribution in [1.29, 1.82) is 0 Å². The molecule has 0 saturated heterocycles. The number of fused-ring (bicyclic) bond motifs is 1. The van der Waals surface area contributed by atoms with E-state index in [0.29, 0.717) is 17.6 Å². The Labute approximate surface area is 174 Å². The van der Waals surface area contributed by atoms with Crippen LogP contribution in [0, 0.1) is 13.8 Å². The molecule has 0 atom stereocenters. The Bertz CT molecular complexity index is 1280. The van der Waals surface area contributed by atoms with Crippen LogP contribution in [0.2, 0.25) is 0 Å². The second-order valence-electron chi connectivity index (χ2n) is 7.62. The van der Waals surface area contributed by atoms with Crippen molar-refractivity contribution in [3.05, 3.63) is 117 Å². The molecule has 4 aromatic rings. The number of furan rings is 1. The van der Waals surface area contributed by atoms with Gasteiger partial charge >= 0.3 is 0 Å². The van der Waals surface area contributed by atoms with Gasteiger partial charge in [0.15, 0.2) is 5.76 Å². The Balaban J connectivity index is 1.70. The number of carbonyl (C=O) groups is 1. The smallest absolute Gasteiger partial charge is 0.251 e. The molecule has 0 aliphatic rings. The number of hydrogen-bond acceptors (Lipinski definition) is 3. The molecule has 0 aliphatic carbocycles. The maximum Gasteiger partial charge on any atom is 0.251 e. The van der Waals surface area contributed by atoms with Crippen LogP contribution in [-0.4, -0.2) is 10.8 Å². The first kappa shape index (κ1) is 19.6. The summed E-state index contributed by atoms with van der Waals surface area (Å²) in [7, 11) is 0. The first-order chi connectivity index (χ1) is 14.5. The lowest BCUT2D eigenvalue weighted by atomic mass is 9.97. The number of allylic oxidation sites excluding steroid dienone is 2. The molecule has 150 valence electrons. The number of H-pyrrole nitrogens is 1. The monoisotopic (exact) mass is 397 g/mol. The van der Waals surface area contributed by atoms with Crippen LogP contribution in [0.25, 0.3) is 10.9 Å². The summed E-state index contributed by atoms with van der Waals surface area (Å²) >= 11 is 0. The van der Waals surface area contributed by atoms with E-state index in [9.17, 15) is 9.59 Å². The van der Waals surface area contributed by atoms with Crippen molar-refractivity contribution >= 4 is 16.7 Å². The Morgan fingerprint density at radius 1 is 1.00 bits per heavy atom. The number of hydrogen-bond donors (Lipinski definition) is 1. The SMILES string of the molecule is Cc1ccc(CC=C(Cc2cc3cc(C)ccc3[nH]c2=O)C(=O)c2ccco2)cc1. The zero-order valence-electron chi connectivity index (χ0n) is 17.1. The summed E-state index contributed by atoms with van der Waals surface area (Å²) in [6.45, 7) is 4.05. The molecule has 0 unspecified atom stereocenters. The molecule has 0 saturated carbocycles. The molecular weight excluding hydrogens is 374 g/mol. The van der Waals surface area contributed by atoms with Crippen molar-refractivity contribution in [2.45, 2.75) is 26.7 Å². The van der Waals surface area contributed by atoms with Crippen LogP contribution in [0.1, 0.15) is 32.8 Å². The molecule has 0 bridgehead atoms. The molecule has 4 nitrogen and oxygen atoms in total. The first-order valence-corrected chi connectivity index (χ1v) is 9.95. The van der Waals surface area contributed by atoms with Crippen molar-refractivity contribution in [2.75, 3.05) is 0 Å². The molecule has 2 heterocycles. The summed E-state index contributed by atoms with van der Waals surface area (Å²) in [5.41, 5.74) is 5.12. The summed E-state index contributed by atoms with van der Waals surface area (Å²) in [6, 6.07) is 19.3. The van der Waals surface area contributed by atoms with Crippen LogP contribution < -0.4 is 5.56 Å². The highest BCUT2D eigenvalue weighted by Gasteiger charge is 2.17. The number of benzene rings is 2. The Hall–Kier alpha value is -3.66. The van der Waals surface area contributed by atoms with Crippen molar-refractivity contribution in [3.8, 4) is 0 Å². The average Bonchev–Trinajstić information content (AvgIpc) is 3.27. The van der Waals surface area contributed by atoms with Crippen molar-refractivity contribution in [3.63, 3.8) is 0 Å². The third kappa shape index (κ3) is 4.33. The lowest BCUT2D eigenvalue weighted by molar-refractivity contribution is 0.100. The molecular formula is C26H23NO3. The van der Waals surface area contributed by atoms with Gasteiger partial charge in [0.1, 0.15) is 0 Å². The van der Waals surface area contributed by atoms with Crippen molar-refractivity contribution in [1.82, 2.24) is 4.98 Å². The number of pyridine rings is 1. The summed E-state index contributed by atoms with van der Waals surface area (Å²) in [4.78, 5) is 28.6. The second kappa shape index (κ2) is 8.37. The summed E-state index contributed by atoms with van der Waals surface area (Å²) in [6.07, 6.45) is 4.23. The Morgan fingerprint density at radius 3 is 2.50 bits per heavy atom. The van der Waals surface area contributed by atoms with Gasteiger partial charge in [0, 0.05) is 23.1 Å². The predicted octanol–water partition coefficient (Wildman–Crippen LogP) is 5.33. The molecule has 0 amide bonds. The van der Waals surface area contributed by atoms with Gasteiger partial charge < -0.3 is 9.40 Å². The Kier molecular flexibility index (Phi) is 5.48. The molecule has 4 rings (SSSR count). The quantitative estimate of drug-likeness (QED) is 0.353. The van der Waals surface area contributed by atoms with Crippen LogP contribution in [0.3, 0.4) is 0 Å². The predicted molar refractivity (Wildman–Crippen MR) is 119 cm³/mol. The number of aromatic nitrogens is 1. The van der Waals surface area contributed by atoms with Gasteiger partial charge in [-0.1, -0.05) is 47.5 Å². The fourth-order valence-corrected chi connectivity index (χ4v) is 3.48. The highest BCUT2D eigenvalue weighted by Crippen LogP contribution is 2.18. The molecule has 0 fully saturated rings. The second-order valence-corrected chi connectivity index (χ2v) is 7.62. The molecule has 0 aliphatic heterocycles. The standard InChI is InChI=1S/C26H23NO3/c1-17-5-8-19(9-6-17)10-11-20(25(28)24-4-3-13-30-24)15-22-16-21-14-18(2)7-12-23(21)27-26(22)29/h3-9,11-14,16H,10,15H2,1-2H3,(H,27,29). The number of nitrogens with one attached hydrogen (secondary N) is 1. The fourth-order valence-electron chi connectivity index (χ4n) is 3.48. The van der Waals surface area contributed by atoms with Gasteiger partial charge in [0.05, 0.1) is 6.26 Å². The minimum absolute atomic E-state index is 0.181. The zero-order valence-corrected chi connectivity index (χ0v) is 17.1. The van der Waals surface area contributed by atoms with Gasteiger partial charge in [0.25, 0.3) is 5.56 Å². The summed E-state index contributed by atoms with van der Waals surface area (Å²) < 4.78 is 5.32. The number of Topliss-reactive ketones (excluding diaryl/α,β-unsaturated/α-hetero) is 1. The van der Waals surface area contributed by atoms with Gasteiger partial charge in [-0.15, -0.1) is 0 Å². The van der Waals surface area contributed by atoms with Crippen LogP contribution in [0.5, 0.6) is 0 Å². The lowest BCUT2D eigenvalue weighted by Crippen LogP contribution is -2.16. The van der Waals surface area contributed by atoms with Crippen molar-refractivity contribution in [2.24, 2.45) is 0 Å². The average molecular weight is 397 g/mol. The molecule has 2 aromatic heterocycles. The van der Waals surface area contributed by atoms with Crippen LogP contribution >= 0.6 is 0 Å². The Morgan fingerprint density at radius 2 is 1.77 bits per heavy atom. The van der Waals surface area contributed by atoms with Crippen molar-refractivity contribution < 1.29 is 9.21 Å². The van der Waals surface area contributed by atoms with E-state index in [2.05, 4.69) is 4.98 Å². The lowest BCUT2D eigenvalue weighted by Gasteiger charge is -2.08. The number of carbonyl (C=O) groups excluding carboxylic acids is 1. The van der Waals surface area contributed by atoms with Crippen LogP contribution in [-0.2, 0) is 12.8 Å². The third-order valence-electron chi connectivity index (χ3n) is 5.20. The maximum absolute atomic E-state index is 13.0. The molecule has 4 heteroatoms. The minimum atomic E-state index is -0.198. The zero-order chi connectivity index (χ0) is 21.1. The van der Waals surface area contributed by atoms with Gasteiger partial charge in [-0.3, -0.25) is 9.59 Å². The van der Waals surface area contributed by atoms with Gasteiger partial charge in [-0.2, -0.15) is 0 Å². The highest BCUT2D eigenvalue weighted by molar-refractivity contribution is 6.07. The number of aryl methyl sites for hydroxylation is 2. The minimum Gasteiger partial charge on any atom is -0.461 e. The fraction of sp³-hybridized carbons (Fsp3) is 0.154. The van der Waals surface area contributed by atoms with E-state index in [0.717, 1.165) is 22.0 Å². The van der Waals surface area contributed by atoms with E-state index in [4.69, 9.17) is 4.42 Å². The number of aromatic amines is 1. The van der Waals surface area contributed by atoms with E-state index in [1.807, 2.05) is 68.5 Å². The number of ketones is 1. The maximum atomic E-state index is 13.0. The third-order valence-corrected chi connectivity index (χ3v) is 5.20. The van der Waals surface area contributed by atoms with Gasteiger partial charge in [-0.25, -0.2) is 0 Å². The molecule has 1 N–H and O–H groups in total. The van der Waals surface area contributed by atoms with Crippen LogP contribution in [0.15, 0.2) is 87.8 Å².